The zero-order valence-electron chi connectivity index (χ0n) is 10.7. The van der Waals surface area contributed by atoms with Crippen LogP contribution in [0.15, 0.2) is 47.3 Å². The zero-order valence-corrected chi connectivity index (χ0v) is 12.3. The Kier molecular flexibility index (Phi) is 3.62. The molecule has 0 saturated heterocycles. The van der Waals surface area contributed by atoms with Crippen LogP contribution in [0.25, 0.3) is 10.9 Å². The number of anilines is 1. The van der Waals surface area contributed by atoms with Crippen LogP contribution >= 0.6 is 23.6 Å². The summed E-state index contributed by atoms with van der Waals surface area (Å²) in [5.74, 6) is 0. The summed E-state index contributed by atoms with van der Waals surface area (Å²) in [6, 6.07) is 10.1. The van der Waals surface area contributed by atoms with Gasteiger partial charge in [-0.25, -0.2) is 0 Å². The number of hydrogen-bond acceptors (Lipinski definition) is 4. The van der Waals surface area contributed by atoms with E-state index >= 15 is 0 Å². The van der Waals surface area contributed by atoms with Crippen molar-refractivity contribution in [3.8, 4) is 0 Å². The smallest absolute Gasteiger partial charge is 0.107 e. The van der Waals surface area contributed by atoms with Crippen molar-refractivity contribution in [1.82, 2.24) is 4.98 Å². The predicted molar refractivity (Wildman–Crippen MR) is 89.3 cm³/mol. The number of thiophene rings is 1. The number of nitrogens with zero attached hydrogens (tertiary/aromatic N) is 1. The average molecular weight is 299 g/mol. The second kappa shape index (κ2) is 5.56. The number of pyridine rings is 1. The summed E-state index contributed by atoms with van der Waals surface area (Å²) >= 11 is 6.81. The van der Waals surface area contributed by atoms with Gasteiger partial charge in [-0.1, -0.05) is 30.4 Å². The van der Waals surface area contributed by atoms with Gasteiger partial charge in [0.1, 0.15) is 4.99 Å². The minimum Gasteiger partial charge on any atom is -0.389 e. The molecule has 0 spiro atoms. The fourth-order valence-corrected chi connectivity index (χ4v) is 2.93. The third-order valence-corrected chi connectivity index (χ3v) is 4.04. The van der Waals surface area contributed by atoms with Crippen LogP contribution in [0.1, 0.15) is 11.1 Å². The van der Waals surface area contributed by atoms with Gasteiger partial charge in [0, 0.05) is 18.1 Å². The number of aromatic nitrogens is 1. The van der Waals surface area contributed by atoms with Gasteiger partial charge in [0.05, 0.1) is 16.8 Å². The van der Waals surface area contributed by atoms with Crippen LogP contribution in [0.2, 0.25) is 0 Å². The Morgan fingerprint density at radius 2 is 2.15 bits per heavy atom. The molecule has 100 valence electrons. The molecule has 2 heterocycles. The molecule has 3 rings (SSSR count). The quantitative estimate of drug-likeness (QED) is 0.723. The van der Waals surface area contributed by atoms with Gasteiger partial charge in [0.25, 0.3) is 0 Å². The molecule has 0 aliphatic heterocycles. The van der Waals surface area contributed by atoms with Crippen molar-refractivity contribution < 1.29 is 0 Å². The van der Waals surface area contributed by atoms with Crippen molar-refractivity contribution in [3.05, 3.63) is 58.4 Å². The van der Waals surface area contributed by atoms with Gasteiger partial charge in [-0.2, -0.15) is 11.3 Å². The van der Waals surface area contributed by atoms with Gasteiger partial charge >= 0.3 is 0 Å². The molecular weight excluding hydrogens is 286 g/mol. The Hall–Kier alpha value is -1.98. The molecule has 0 aliphatic rings. The number of fused-ring (bicyclic) bond motifs is 1. The molecular formula is C15H13N3S2. The van der Waals surface area contributed by atoms with Crippen LogP contribution in [0.5, 0.6) is 0 Å². The van der Waals surface area contributed by atoms with Crippen LogP contribution < -0.4 is 11.1 Å². The maximum atomic E-state index is 5.81. The third-order valence-electron chi connectivity index (χ3n) is 3.09. The van der Waals surface area contributed by atoms with Gasteiger partial charge in [0.2, 0.25) is 0 Å². The molecule has 0 atom stereocenters. The fraction of sp³-hybridized carbons (Fsp3) is 0.0667. The summed E-state index contributed by atoms with van der Waals surface area (Å²) in [6.45, 7) is 0.743. The molecule has 20 heavy (non-hydrogen) atoms. The van der Waals surface area contributed by atoms with Gasteiger partial charge in [-0.3, -0.25) is 4.98 Å². The van der Waals surface area contributed by atoms with Crippen molar-refractivity contribution in [2.24, 2.45) is 5.73 Å². The Labute approximate surface area is 126 Å². The lowest BCUT2D eigenvalue weighted by Crippen LogP contribution is -2.14. The first-order chi connectivity index (χ1) is 9.75. The first-order valence-electron chi connectivity index (χ1n) is 6.18. The first-order valence-corrected chi connectivity index (χ1v) is 7.53. The Balaban J connectivity index is 2.05. The molecule has 1 aromatic carbocycles. The van der Waals surface area contributed by atoms with E-state index in [4.69, 9.17) is 18.0 Å². The number of nitrogens with one attached hydrogen (secondary N) is 1. The van der Waals surface area contributed by atoms with Crippen molar-refractivity contribution >= 4 is 45.1 Å². The minimum atomic E-state index is 0.357. The summed E-state index contributed by atoms with van der Waals surface area (Å²) < 4.78 is 0. The Bertz CT molecular complexity index is 751. The van der Waals surface area contributed by atoms with E-state index in [0.717, 1.165) is 28.7 Å². The van der Waals surface area contributed by atoms with E-state index in [-0.39, 0.29) is 0 Å². The van der Waals surface area contributed by atoms with Crippen LogP contribution in [-0.2, 0) is 6.54 Å². The van der Waals surface area contributed by atoms with Crippen molar-refractivity contribution in [2.45, 2.75) is 6.54 Å². The minimum absolute atomic E-state index is 0.357. The molecule has 0 amide bonds. The molecule has 5 heteroatoms. The van der Waals surface area contributed by atoms with Crippen molar-refractivity contribution in [1.29, 1.82) is 0 Å². The SMILES string of the molecule is NC(=S)c1cnc2ccccc2c1NCc1ccsc1. The third kappa shape index (κ3) is 2.50. The largest absolute Gasteiger partial charge is 0.389 e. The second-order valence-electron chi connectivity index (χ2n) is 4.41. The van der Waals surface area contributed by atoms with Gasteiger partial charge in [-0.15, -0.1) is 0 Å². The number of benzene rings is 1. The topological polar surface area (TPSA) is 50.9 Å². The Morgan fingerprint density at radius 1 is 1.30 bits per heavy atom. The van der Waals surface area contributed by atoms with Crippen molar-refractivity contribution in [3.63, 3.8) is 0 Å². The molecule has 0 aliphatic carbocycles. The normalized spacial score (nSPS) is 10.6. The molecule has 0 fully saturated rings. The predicted octanol–water partition coefficient (Wildman–Crippen LogP) is 3.54. The summed E-state index contributed by atoms with van der Waals surface area (Å²) in [6.07, 6.45) is 1.74. The standard InChI is InChI=1S/C15H13N3S2/c16-15(19)12-8-17-13-4-2-1-3-11(13)14(12)18-7-10-5-6-20-9-10/h1-6,8-9H,7H2,(H2,16,19)(H,17,18). The van der Waals surface area contributed by atoms with E-state index in [1.54, 1.807) is 17.5 Å². The first kappa shape index (κ1) is 13.0. The van der Waals surface area contributed by atoms with Crippen LogP contribution in [0, 0.1) is 0 Å². The summed E-state index contributed by atoms with van der Waals surface area (Å²) in [7, 11) is 0. The van der Waals surface area contributed by atoms with E-state index in [1.807, 2.05) is 24.3 Å². The van der Waals surface area contributed by atoms with E-state index < -0.39 is 0 Å². The van der Waals surface area contributed by atoms with Gasteiger partial charge in [-0.05, 0) is 28.5 Å². The number of para-hydroxylation sites is 1. The number of thiocarbonyl (C=S) groups is 1. The molecule has 0 saturated carbocycles. The van der Waals surface area contributed by atoms with Crippen molar-refractivity contribution in [2.75, 3.05) is 5.32 Å². The highest BCUT2D eigenvalue weighted by Gasteiger charge is 2.10. The average Bonchev–Trinajstić information content (AvgIpc) is 2.97. The van der Waals surface area contributed by atoms with Crippen LogP contribution in [-0.4, -0.2) is 9.97 Å². The lowest BCUT2D eigenvalue weighted by Gasteiger charge is -2.13. The lowest BCUT2D eigenvalue weighted by molar-refractivity contribution is 1.16. The number of hydrogen-bond donors (Lipinski definition) is 2. The van der Waals surface area contributed by atoms with E-state index in [9.17, 15) is 0 Å². The molecule has 0 unspecified atom stereocenters. The van der Waals surface area contributed by atoms with Crippen LogP contribution in [0.4, 0.5) is 5.69 Å². The van der Waals surface area contributed by atoms with E-state index in [0.29, 0.717) is 4.99 Å². The van der Waals surface area contributed by atoms with Gasteiger partial charge < -0.3 is 11.1 Å². The Morgan fingerprint density at radius 3 is 2.90 bits per heavy atom. The van der Waals surface area contributed by atoms with E-state index in [2.05, 4.69) is 27.1 Å². The highest BCUT2D eigenvalue weighted by molar-refractivity contribution is 7.80. The maximum Gasteiger partial charge on any atom is 0.107 e. The highest BCUT2D eigenvalue weighted by atomic mass is 32.1. The molecule has 3 nitrogen and oxygen atoms in total. The lowest BCUT2D eigenvalue weighted by atomic mass is 10.1. The maximum absolute atomic E-state index is 5.81. The molecule has 2 aromatic heterocycles. The fourth-order valence-electron chi connectivity index (χ4n) is 2.10. The molecule has 0 radical (unpaired) electrons. The summed E-state index contributed by atoms with van der Waals surface area (Å²) in [5.41, 5.74) is 9.72. The van der Waals surface area contributed by atoms with Gasteiger partial charge in [0.15, 0.2) is 0 Å². The molecule has 3 N–H and O–H groups in total. The van der Waals surface area contributed by atoms with Crippen LogP contribution in [0.3, 0.4) is 0 Å². The zero-order chi connectivity index (χ0) is 13.9. The number of rotatable bonds is 4. The monoisotopic (exact) mass is 299 g/mol. The second-order valence-corrected chi connectivity index (χ2v) is 5.63. The summed E-state index contributed by atoms with van der Waals surface area (Å²) in [4.78, 5) is 4.76. The molecule has 0 bridgehead atoms. The highest BCUT2D eigenvalue weighted by Crippen LogP contribution is 2.26. The molecule has 3 aromatic rings. The summed E-state index contributed by atoms with van der Waals surface area (Å²) in [5, 5.41) is 8.66. The van der Waals surface area contributed by atoms with E-state index in [1.165, 1.54) is 5.56 Å². The number of nitrogens with two attached hydrogens (primary N) is 1.